The Morgan fingerprint density at radius 2 is 2.10 bits per heavy atom. The van der Waals surface area contributed by atoms with Gasteiger partial charge in [0.2, 0.25) is 0 Å². The first kappa shape index (κ1) is 11.9. The predicted octanol–water partition coefficient (Wildman–Crippen LogP) is 4.40. The molecule has 1 aliphatic carbocycles. The molecule has 0 N–H and O–H groups in total. The minimum atomic E-state index is 0.549. The van der Waals surface area contributed by atoms with Crippen molar-refractivity contribution in [2.24, 2.45) is 0 Å². The van der Waals surface area contributed by atoms with E-state index in [2.05, 4.69) is 16.5 Å². The highest BCUT2D eigenvalue weighted by Gasteiger charge is 2.29. The van der Waals surface area contributed by atoms with Crippen LogP contribution < -0.4 is 0 Å². The highest BCUT2D eigenvalue weighted by molar-refractivity contribution is 6.31. The molecule has 0 spiro atoms. The number of rotatable bonds is 2. The van der Waals surface area contributed by atoms with Crippen molar-refractivity contribution < 1.29 is 0 Å². The molecule has 1 aliphatic rings. The fourth-order valence-electron chi connectivity index (χ4n) is 2.66. The number of fused-ring (bicyclic) bond motifs is 1. The van der Waals surface area contributed by atoms with Gasteiger partial charge in [-0.05, 0) is 49.6 Å². The Labute approximate surface area is 122 Å². The predicted molar refractivity (Wildman–Crippen MR) is 81.0 cm³/mol. The highest BCUT2D eigenvalue weighted by atomic mass is 35.5. The van der Waals surface area contributed by atoms with Crippen LogP contribution in [0.1, 0.15) is 24.4 Å². The van der Waals surface area contributed by atoms with Crippen LogP contribution in [0.5, 0.6) is 0 Å². The second kappa shape index (κ2) is 4.32. The molecule has 1 fully saturated rings. The van der Waals surface area contributed by atoms with E-state index < -0.39 is 0 Å². The second-order valence-corrected chi connectivity index (χ2v) is 5.80. The average Bonchev–Trinajstić information content (AvgIpc) is 3.20. The Morgan fingerprint density at radius 1 is 1.25 bits per heavy atom. The van der Waals surface area contributed by atoms with Gasteiger partial charge < -0.3 is 4.57 Å². The third kappa shape index (κ3) is 1.81. The van der Waals surface area contributed by atoms with Crippen molar-refractivity contribution in [3.8, 4) is 11.4 Å². The number of nitrogens with zero attached hydrogens (tertiary/aromatic N) is 3. The second-order valence-electron chi connectivity index (χ2n) is 5.36. The molecule has 2 heterocycles. The molecular weight excluding hydrogens is 270 g/mol. The van der Waals surface area contributed by atoms with E-state index in [0.29, 0.717) is 6.04 Å². The molecule has 0 bridgehead atoms. The molecule has 0 saturated heterocycles. The van der Waals surface area contributed by atoms with Gasteiger partial charge in [-0.2, -0.15) is 0 Å². The molecule has 0 amide bonds. The molecule has 0 unspecified atom stereocenters. The molecule has 4 rings (SSSR count). The minimum absolute atomic E-state index is 0.549. The third-order valence-electron chi connectivity index (χ3n) is 3.84. The SMILES string of the molecule is Cc1ccncc1-c1nc2ccc(Cl)cc2n1C1CC1. The zero-order valence-electron chi connectivity index (χ0n) is 11.2. The molecule has 2 aromatic heterocycles. The Bertz CT molecular complexity index is 803. The molecular formula is C16H14ClN3. The van der Waals surface area contributed by atoms with Crippen molar-refractivity contribution in [2.45, 2.75) is 25.8 Å². The van der Waals surface area contributed by atoms with Crippen molar-refractivity contribution >= 4 is 22.6 Å². The standard InChI is InChI=1S/C16H14ClN3/c1-10-6-7-18-9-13(10)16-19-14-5-2-11(17)8-15(14)20(16)12-3-4-12/h2,5-9,12H,3-4H2,1H3. The van der Waals surface area contributed by atoms with Crippen LogP contribution in [0.4, 0.5) is 0 Å². The van der Waals surface area contributed by atoms with E-state index in [1.807, 2.05) is 36.7 Å². The summed E-state index contributed by atoms with van der Waals surface area (Å²) < 4.78 is 2.32. The van der Waals surface area contributed by atoms with Crippen LogP contribution in [0.15, 0.2) is 36.7 Å². The first-order chi connectivity index (χ1) is 9.74. The zero-order valence-corrected chi connectivity index (χ0v) is 11.9. The molecule has 3 aromatic rings. The quantitative estimate of drug-likeness (QED) is 0.698. The van der Waals surface area contributed by atoms with E-state index in [1.165, 1.54) is 18.4 Å². The van der Waals surface area contributed by atoms with Gasteiger partial charge in [-0.15, -0.1) is 0 Å². The molecule has 0 radical (unpaired) electrons. The van der Waals surface area contributed by atoms with Crippen molar-refractivity contribution in [1.29, 1.82) is 0 Å². The first-order valence-corrected chi connectivity index (χ1v) is 7.20. The largest absolute Gasteiger partial charge is 0.321 e. The maximum Gasteiger partial charge on any atom is 0.143 e. The number of aromatic nitrogens is 3. The lowest BCUT2D eigenvalue weighted by Crippen LogP contribution is -1.99. The van der Waals surface area contributed by atoms with Gasteiger partial charge in [0.05, 0.1) is 11.0 Å². The maximum absolute atomic E-state index is 6.15. The molecule has 3 nitrogen and oxygen atoms in total. The first-order valence-electron chi connectivity index (χ1n) is 6.82. The summed E-state index contributed by atoms with van der Waals surface area (Å²) in [6, 6.07) is 8.48. The van der Waals surface area contributed by atoms with Gasteiger partial charge in [0.15, 0.2) is 0 Å². The number of aryl methyl sites for hydroxylation is 1. The molecule has 100 valence electrons. The number of benzene rings is 1. The number of imidazole rings is 1. The molecule has 0 aliphatic heterocycles. The lowest BCUT2D eigenvalue weighted by Gasteiger charge is -2.09. The summed E-state index contributed by atoms with van der Waals surface area (Å²) in [6.07, 6.45) is 6.14. The van der Waals surface area contributed by atoms with Crippen LogP contribution in [0.25, 0.3) is 22.4 Å². The Kier molecular flexibility index (Phi) is 2.57. The van der Waals surface area contributed by atoms with E-state index in [9.17, 15) is 0 Å². The van der Waals surface area contributed by atoms with E-state index in [1.54, 1.807) is 0 Å². The molecule has 20 heavy (non-hydrogen) atoms. The summed E-state index contributed by atoms with van der Waals surface area (Å²) in [5.74, 6) is 1.01. The van der Waals surface area contributed by atoms with Crippen molar-refractivity contribution in [3.05, 3.63) is 47.2 Å². The van der Waals surface area contributed by atoms with Gasteiger partial charge in [-0.1, -0.05) is 11.6 Å². The van der Waals surface area contributed by atoms with E-state index in [4.69, 9.17) is 16.6 Å². The normalized spacial score (nSPS) is 14.9. The van der Waals surface area contributed by atoms with Gasteiger partial charge in [0.25, 0.3) is 0 Å². The molecule has 4 heteroatoms. The average molecular weight is 284 g/mol. The number of pyridine rings is 1. The Balaban J connectivity index is 2.04. The van der Waals surface area contributed by atoms with Crippen molar-refractivity contribution in [2.75, 3.05) is 0 Å². The van der Waals surface area contributed by atoms with Gasteiger partial charge in [0.1, 0.15) is 5.82 Å². The minimum Gasteiger partial charge on any atom is -0.321 e. The van der Waals surface area contributed by atoms with Crippen LogP contribution in [0.3, 0.4) is 0 Å². The number of hydrogen-bond acceptors (Lipinski definition) is 2. The summed E-state index contributed by atoms with van der Waals surface area (Å²) in [5.41, 5.74) is 4.42. The van der Waals surface area contributed by atoms with Crippen LogP contribution in [-0.2, 0) is 0 Å². The number of hydrogen-bond donors (Lipinski definition) is 0. The Morgan fingerprint density at radius 3 is 2.85 bits per heavy atom. The van der Waals surface area contributed by atoms with Crippen LogP contribution >= 0.6 is 11.6 Å². The maximum atomic E-state index is 6.15. The van der Waals surface area contributed by atoms with Gasteiger partial charge in [-0.25, -0.2) is 4.98 Å². The molecule has 1 saturated carbocycles. The van der Waals surface area contributed by atoms with E-state index in [0.717, 1.165) is 27.4 Å². The summed E-state index contributed by atoms with van der Waals surface area (Å²) in [7, 11) is 0. The summed E-state index contributed by atoms with van der Waals surface area (Å²) >= 11 is 6.15. The monoisotopic (exact) mass is 283 g/mol. The van der Waals surface area contributed by atoms with Gasteiger partial charge >= 0.3 is 0 Å². The van der Waals surface area contributed by atoms with Crippen LogP contribution in [0.2, 0.25) is 5.02 Å². The highest BCUT2D eigenvalue weighted by Crippen LogP contribution is 2.42. The molecule has 0 atom stereocenters. The van der Waals surface area contributed by atoms with Crippen LogP contribution in [-0.4, -0.2) is 14.5 Å². The number of halogens is 1. The smallest absolute Gasteiger partial charge is 0.143 e. The van der Waals surface area contributed by atoms with Gasteiger partial charge in [-0.3, -0.25) is 4.98 Å². The lowest BCUT2D eigenvalue weighted by atomic mass is 10.1. The van der Waals surface area contributed by atoms with Crippen molar-refractivity contribution in [3.63, 3.8) is 0 Å². The molecule has 1 aromatic carbocycles. The van der Waals surface area contributed by atoms with Crippen molar-refractivity contribution in [1.82, 2.24) is 14.5 Å². The Hall–Kier alpha value is -1.87. The third-order valence-corrected chi connectivity index (χ3v) is 4.08. The van der Waals surface area contributed by atoms with Crippen LogP contribution in [0, 0.1) is 6.92 Å². The fourth-order valence-corrected chi connectivity index (χ4v) is 2.82. The van der Waals surface area contributed by atoms with E-state index in [-0.39, 0.29) is 0 Å². The van der Waals surface area contributed by atoms with Gasteiger partial charge in [0, 0.05) is 29.0 Å². The van der Waals surface area contributed by atoms with E-state index >= 15 is 0 Å². The fraction of sp³-hybridized carbons (Fsp3) is 0.250. The zero-order chi connectivity index (χ0) is 13.7. The summed E-state index contributed by atoms with van der Waals surface area (Å²) in [5, 5.41) is 0.758. The topological polar surface area (TPSA) is 30.7 Å². The summed E-state index contributed by atoms with van der Waals surface area (Å²) in [4.78, 5) is 9.06. The lowest BCUT2D eigenvalue weighted by molar-refractivity contribution is 0.774. The summed E-state index contributed by atoms with van der Waals surface area (Å²) in [6.45, 7) is 2.10.